The predicted molar refractivity (Wildman–Crippen MR) is 74.8 cm³/mol. The molecule has 0 fully saturated rings. The van der Waals surface area contributed by atoms with E-state index in [4.69, 9.17) is 0 Å². The van der Waals surface area contributed by atoms with Gasteiger partial charge in [-0.2, -0.15) is 5.10 Å². The summed E-state index contributed by atoms with van der Waals surface area (Å²) in [5.41, 5.74) is 1.10. The van der Waals surface area contributed by atoms with Crippen molar-refractivity contribution in [1.82, 2.24) is 25.1 Å². The van der Waals surface area contributed by atoms with Crippen LogP contribution < -0.4 is 5.32 Å². The Morgan fingerprint density at radius 1 is 1.30 bits per heavy atom. The smallest absolute Gasteiger partial charge is 0.221 e. The van der Waals surface area contributed by atoms with Gasteiger partial charge in [-0.15, -0.1) is 0 Å². The van der Waals surface area contributed by atoms with Crippen molar-refractivity contribution in [2.24, 2.45) is 0 Å². The maximum absolute atomic E-state index is 11.6. The Labute approximate surface area is 118 Å². The molecule has 0 atom stereocenters. The zero-order chi connectivity index (χ0) is 14.0. The number of nitrogens with zero attached hydrogens (tertiary/aromatic N) is 4. The summed E-state index contributed by atoms with van der Waals surface area (Å²) in [4.78, 5) is 19.7. The monoisotopic (exact) mass is 273 g/mol. The van der Waals surface area contributed by atoms with E-state index < -0.39 is 0 Å². The van der Waals surface area contributed by atoms with Crippen LogP contribution in [0.2, 0.25) is 0 Å². The van der Waals surface area contributed by atoms with Gasteiger partial charge in [0.05, 0.1) is 6.54 Å². The van der Waals surface area contributed by atoms with Gasteiger partial charge in [0.25, 0.3) is 0 Å². The average molecular weight is 273 g/mol. The van der Waals surface area contributed by atoms with E-state index in [1.54, 1.807) is 17.2 Å². The summed E-state index contributed by atoms with van der Waals surface area (Å²) in [5, 5.41) is 6.86. The van der Waals surface area contributed by atoms with E-state index in [0.29, 0.717) is 19.5 Å². The van der Waals surface area contributed by atoms with Crippen LogP contribution in [0, 0.1) is 0 Å². The first-order valence-corrected chi connectivity index (χ1v) is 6.83. The van der Waals surface area contributed by atoms with Gasteiger partial charge in [0.2, 0.25) is 5.91 Å². The van der Waals surface area contributed by atoms with Crippen molar-refractivity contribution in [3.8, 4) is 0 Å². The molecule has 0 aliphatic heterocycles. The molecular weight excluding hydrogens is 254 g/mol. The number of pyridine rings is 1. The Hall–Kier alpha value is -2.24. The number of aromatic nitrogens is 4. The molecule has 0 aromatic carbocycles. The van der Waals surface area contributed by atoms with E-state index in [1.807, 2.05) is 18.2 Å². The summed E-state index contributed by atoms with van der Waals surface area (Å²) in [6, 6.07) is 5.93. The van der Waals surface area contributed by atoms with Gasteiger partial charge in [-0.05, 0) is 31.4 Å². The standard InChI is InChI=1S/C14H19N5O/c20-14(7-10-19-12-15-11-18-19)17-9-4-2-6-13-5-1-3-8-16-13/h1,3,5,8,11-12H,2,4,6-7,9-10H2,(H,17,20). The zero-order valence-electron chi connectivity index (χ0n) is 11.4. The number of carbonyl (C=O) groups is 1. The van der Waals surface area contributed by atoms with Crippen molar-refractivity contribution in [3.63, 3.8) is 0 Å². The van der Waals surface area contributed by atoms with Crippen LogP contribution in [0.3, 0.4) is 0 Å². The first-order chi connectivity index (χ1) is 9.84. The summed E-state index contributed by atoms with van der Waals surface area (Å²) in [7, 11) is 0. The third-order valence-electron chi connectivity index (χ3n) is 2.94. The summed E-state index contributed by atoms with van der Waals surface area (Å²) in [6.45, 7) is 1.28. The van der Waals surface area contributed by atoms with Crippen LogP contribution in [0.5, 0.6) is 0 Å². The molecule has 0 aliphatic rings. The lowest BCUT2D eigenvalue weighted by Gasteiger charge is -2.05. The fraction of sp³-hybridized carbons (Fsp3) is 0.429. The van der Waals surface area contributed by atoms with Crippen LogP contribution in [-0.2, 0) is 17.8 Å². The highest BCUT2D eigenvalue weighted by Crippen LogP contribution is 2.00. The second kappa shape index (κ2) is 8.04. The van der Waals surface area contributed by atoms with Gasteiger partial charge >= 0.3 is 0 Å². The van der Waals surface area contributed by atoms with Gasteiger partial charge < -0.3 is 5.32 Å². The van der Waals surface area contributed by atoms with Crippen LogP contribution in [-0.4, -0.2) is 32.2 Å². The van der Waals surface area contributed by atoms with Crippen LogP contribution in [0.25, 0.3) is 0 Å². The average Bonchev–Trinajstić information content (AvgIpc) is 2.99. The number of aryl methyl sites for hydroxylation is 2. The molecule has 0 spiro atoms. The van der Waals surface area contributed by atoms with Crippen molar-refractivity contribution in [2.45, 2.75) is 32.2 Å². The number of hydrogen-bond donors (Lipinski definition) is 1. The van der Waals surface area contributed by atoms with Crippen molar-refractivity contribution in [1.29, 1.82) is 0 Å². The van der Waals surface area contributed by atoms with Gasteiger partial charge in [0.15, 0.2) is 0 Å². The molecule has 2 heterocycles. The van der Waals surface area contributed by atoms with Crippen molar-refractivity contribution in [2.75, 3.05) is 6.54 Å². The van der Waals surface area contributed by atoms with E-state index in [1.165, 1.54) is 6.33 Å². The molecule has 0 unspecified atom stereocenters. The number of amides is 1. The number of hydrogen-bond acceptors (Lipinski definition) is 4. The third-order valence-corrected chi connectivity index (χ3v) is 2.94. The minimum Gasteiger partial charge on any atom is -0.356 e. The quantitative estimate of drug-likeness (QED) is 0.734. The van der Waals surface area contributed by atoms with Crippen LogP contribution in [0.4, 0.5) is 0 Å². The molecule has 1 amide bonds. The lowest BCUT2D eigenvalue weighted by Crippen LogP contribution is -2.25. The first kappa shape index (κ1) is 14.2. The fourth-order valence-electron chi connectivity index (χ4n) is 1.86. The van der Waals surface area contributed by atoms with E-state index in [2.05, 4.69) is 20.4 Å². The predicted octanol–water partition coefficient (Wildman–Crippen LogP) is 1.20. The molecular formula is C14H19N5O. The Balaban J connectivity index is 1.51. The maximum atomic E-state index is 11.6. The molecule has 2 aromatic rings. The number of nitrogens with one attached hydrogen (secondary N) is 1. The second-order valence-corrected chi connectivity index (χ2v) is 4.54. The molecule has 0 radical (unpaired) electrons. The number of carbonyl (C=O) groups excluding carboxylic acids is 1. The van der Waals surface area contributed by atoms with Crippen LogP contribution >= 0.6 is 0 Å². The lowest BCUT2D eigenvalue weighted by molar-refractivity contribution is -0.121. The molecule has 6 heteroatoms. The minimum absolute atomic E-state index is 0.0540. The molecule has 20 heavy (non-hydrogen) atoms. The molecule has 0 saturated heterocycles. The summed E-state index contributed by atoms with van der Waals surface area (Å²) < 4.78 is 1.65. The van der Waals surface area contributed by atoms with Gasteiger partial charge in [0.1, 0.15) is 12.7 Å². The first-order valence-electron chi connectivity index (χ1n) is 6.83. The Morgan fingerprint density at radius 2 is 2.25 bits per heavy atom. The molecule has 2 rings (SSSR count). The maximum Gasteiger partial charge on any atom is 0.221 e. The Bertz CT molecular complexity index is 498. The van der Waals surface area contributed by atoms with Gasteiger partial charge in [0, 0.05) is 24.9 Å². The Morgan fingerprint density at radius 3 is 3.00 bits per heavy atom. The van der Waals surface area contributed by atoms with E-state index >= 15 is 0 Å². The highest BCUT2D eigenvalue weighted by Gasteiger charge is 2.01. The molecule has 106 valence electrons. The van der Waals surface area contributed by atoms with Gasteiger partial charge in [-0.3, -0.25) is 14.5 Å². The largest absolute Gasteiger partial charge is 0.356 e. The SMILES string of the molecule is O=C(CCn1cncn1)NCCCCc1ccccn1. The normalized spacial score (nSPS) is 10.4. The molecule has 0 saturated carbocycles. The Kier molecular flexibility index (Phi) is 5.70. The van der Waals surface area contributed by atoms with Crippen LogP contribution in [0.1, 0.15) is 25.0 Å². The molecule has 0 bridgehead atoms. The zero-order valence-corrected chi connectivity index (χ0v) is 11.4. The minimum atomic E-state index is 0.0540. The van der Waals surface area contributed by atoms with Gasteiger partial charge in [-0.25, -0.2) is 4.98 Å². The third kappa shape index (κ3) is 5.17. The van der Waals surface area contributed by atoms with Crippen LogP contribution in [0.15, 0.2) is 37.1 Å². The molecule has 0 aliphatic carbocycles. The summed E-state index contributed by atoms with van der Waals surface area (Å²) >= 11 is 0. The summed E-state index contributed by atoms with van der Waals surface area (Å²) in [6.07, 6.45) is 8.27. The van der Waals surface area contributed by atoms with E-state index in [9.17, 15) is 4.79 Å². The highest BCUT2D eigenvalue weighted by molar-refractivity contribution is 5.75. The lowest BCUT2D eigenvalue weighted by atomic mass is 10.2. The van der Waals surface area contributed by atoms with Gasteiger partial charge in [-0.1, -0.05) is 6.07 Å². The highest BCUT2D eigenvalue weighted by atomic mass is 16.1. The van der Waals surface area contributed by atoms with E-state index in [-0.39, 0.29) is 5.91 Å². The molecule has 6 nitrogen and oxygen atoms in total. The van der Waals surface area contributed by atoms with Crippen molar-refractivity contribution in [3.05, 3.63) is 42.7 Å². The molecule has 2 aromatic heterocycles. The topological polar surface area (TPSA) is 72.7 Å². The fourth-order valence-corrected chi connectivity index (χ4v) is 1.86. The van der Waals surface area contributed by atoms with Crippen molar-refractivity contribution >= 4 is 5.91 Å². The summed E-state index contributed by atoms with van der Waals surface area (Å²) in [5.74, 6) is 0.0540. The second-order valence-electron chi connectivity index (χ2n) is 4.54. The van der Waals surface area contributed by atoms with E-state index in [0.717, 1.165) is 25.0 Å². The number of rotatable bonds is 8. The molecule has 1 N–H and O–H groups in total. The number of unbranched alkanes of at least 4 members (excludes halogenated alkanes) is 1. The van der Waals surface area contributed by atoms with Crippen molar-refractivity contribution < 1.29 is 4.79 Å².